The van der Waals surface area contributed by atoms with Gasteiger partial charge in [0.1, 0.15) is 0 Å². The van der Waals surface area contributed by atoms with Gasteiger partial charge in [0.05, 0.1) is 19.0 Å². The second kappa shape index (κ2) is 6.29. The van der Waals surface area contributed by atoms with Crippen LogP contribution in [-0.2, 0) is 9.53 Å². The number of carbonyl (C=O) groups excluding carboxylic acids is 1. The Balaban J connectivity index is 2.40. The van der Waals surface area contributed by atoms with Gasteiger partial charge in [-0.1, -0.05) is 31.2 Å². The van der Waals surface area contributed by atoms with Gasteiger partial charge in [-0.3, -0.25) is 9.78 Å². The first kappa shape index (κ1) is 13.5. The van der Waals surface area contributed by atoms with Crippen LogP contribution in [0.15, 0.2) is 36.5 Å². The van der Waals surface area contributed by atoms with Gasteiger partial charge in [0.25, 0.3) is 0 Å². The van der Waals surface area contributed by atoms with Crippen LogP contribution < -0.4 is 5.32 Å². The monoisotopic (exact) mass is 258 g/mol. The molecule has 1 atom stereocenters. The van der Waals surface area contributed by atoms with E-state index in [1.165, 1.54) is 7.11 Å². The fourth-order valence-corrected chi connectivity index (χ4v) is 2.20. The number of benzene rings is 1. The summed E-state index contributed by atoms with van der Waals surface area (Å²) >= 11 is 0. The summed E-state index contributed by atoms with van der Waals surface area (Å²) in [6.07, 6.45) is 2.08. The molecule has 2 aromatic rings. The number of fused-ring (bicyclic) bond motifs is 1. The van der Waals surface area contributed by atoms with Gasteiger partial charge in [-0.25, -0.2) is 0 Å². The molecule has 0 fully saturated rings. The number of nitrogens with zero attached hydrogens (tertiary/aromatic N) is 1. The van der Waals surface area contributed by atoms with Crippen molar-refractivity contribution in [3.05, 3.63) is 42.1 Å². The minimum atomic E-state index is -0.223. The van der Waals surface area contributed by atoms with Crippen molar-refractivity contribution in [1.82, 2.24) is 10.3 Å². The molecule has 0 aliphatic carbocycles. The molecule has 100 valence electrons. The van der Waals surface area contributed by atoms with Crippen LogP contribution in [0.2, 0.25) is 0 Å². The lowest BCUT2D eigenvalue weighted by Gasteiger charge is -2.18. The number of nitrogens with one attached hydrogen (secondary N) is 1. The Kier molecular flexibility index (Phi) is 4.47. The summed E-state index contributed by atoms with van der Waals surface area (Å²) in [4.78, 5) is 15.9. The van der Waals surface area contributed by atoms with E-state index in [1.54, 1.807) is 6.20 Å². The summed E-state index contributed by atoms with van der Waals surface area (Å²) in [5.74, 6) is -0.223. The topological polar surface area (TPSA) is 51.2 Å². The van der Waals surface area contributed by atoms with E-state index in [4.69, 9.17) is 4.74 Å². The highest BCUT2D eigenvalue weighted by Gasteiger charge is 2.18. The Bertz CT molecular complexity index is 564. The number of esters is 1. The molecular formula is C15H18N2O2. The molecule has 0 saturated heterocycles. The van der Waals surface area contributed by atoms with E-state index in [1.807, 2.05) is 37.3 Å². The summed E-state index contributed by atoms with van der Waals surface area (Å²) in [5.41, 5.74) is 1.96. The number of methoxy groups -OCH3 is 1. The van der Waals surface area contributed by atoms with Crippen LogP contribution in [0.3, 0.4) is 0 Å². The summed E-state index contributed by atoms with van der Waals surface area (Å²) in [6, 6.07) is 9.87. The predicted molar refractivity (Wildman–Crippen MR) is 74.8 cm³/mol. The molecule has 0 radical (unpaired) electrons. The van der Waals surface area contributed by atoms with E-state index in [0.29, 0.717) is 6.42 Å². The highest BCUT2D eigenvalue weighted by atomic mass is 16.5. The maximum Gasteiger partial charge on any atom is 0.307 e. The average Bonchev–Trinajstić information content (AvgIpc) is 2.46. The van der Waals surface area contributed by atoms with Gasteiger partial charge >= 0.3 is 5.97 Å². The second-order valence-electron chi connectivity index (χ2n) is 4.31. The number of hydrogen-bond donors (Lipinski definition) is 1. The number of rotatable bonds is 5. The van der Waals surface area contributed by atoms with Gasteiger partial charge in [-0.05, 0) is 18.2 Å². The second-order valence-corrected chi connectivity index (χ2v) is 4.31. The van der Waals surface area contributed by atoms with Crippen molar-refractivity contribution < 1.29 is 9.53 Å². The molecule has 0 amide bonds. The van der Waals surface area contributed by atoms with E-state index >= 15 is 0 Å². The fourth-order valence-electron chi connectivity index (χ4n) is 2.20. The van der Waals surface area contributed by atoms with Crippen LogP contribution >= 0.6 is 0 Å². The standard InChI is InChI=1S/C15H18N2O2/c1-3-16-13(10-14(18)19-2)12-8-4-6-11-7-5-9-17-15(11)12/h4-9,13,16H,3,10H2,1-2H3. The smallest absolute Gasteiger partial charge is 0.307 e. The summed E-state index contributed by atoms with van der Waals surface area (Å²) in [5, 5.41) is 4.39. The maximum atomic E-state index is 11.5. The Labute approximate surface area is 112 Å². The third-order valence-electron chi connectivity index (χ3n) is 3.09. The highest BCUT2D eigenvalue weighted by Crippen LogP contribution is 2.24. The van der Waals surface area contributed by atoms with Gasteiger partial charge < -0.3 is 10.1 Å². The number of hydrogen-bond acceptors (Lipinski definition) is 4. The first-order valence-corrected chi connectivity index (χ1v) is 6.40. The third kappa shape index (κ3) is 3.09. The van der Waals surface area contributed by atoms with E-state index in [-0.39, 0.29) is 12.0 Å². The molecule has 19 heavy (non-hydrogen) atoms. The van der Waals surface area contributed by atoms with Gasteiger partial charge in [-0.15, -0.1) is 0 Å². The quantitative estimate of drug-likeness (QED) is 0.837. The molecular weight excluding hydrogens is 240 g/mol. The van der Waals surface area contributed by atoms with Crippen molar-refractivity contribution in [3.8, 4) is 0 Å². The molecule has 0 spiro atoms. The number of para-hydroxylation sites is 1. The van der Waals surface area contributed by atoms with Gasteiger partial charge in [0.15, 0.2) is 0 Å². The van der Waals surface area contributed by atoms with Crippen LogP contribution in [0.1, 0.15) is 24.9 Å². The maximum absolute atomic E-state index is 11.5. The SMILES string of the molecule is CCNC(CC(=O)OC)c1cccc2cccnc12. The normalized spacial score (nSPS) is 12.3. The van der Waals surface area contributed by atoms with Crippen LogP contribution in [0.25, 0.3) is 10.9 Å². The Morgan fingerprint density at radius 3 is 2.89 bits per heavy atom. The first-order chi connectivity index (χ1) is 9.26. The lowest BCUT2D eigenvalue weighted by atomic mass is 10.00. The van der Waals surface area contributed by atoms with Crippen molar-refractivity contribution in [2.45, 2.75) is 19.4 Å². The van der Waals surface area contributed by atoms with Gasteiger partial charge in [-0.2, -0.15) is 0 Å². The predicted octanol–water partition coefficient (Wildman–Crippen LogP) is 2.45. The molecule has 4 nitrogen and oxygen atoms in total. The largest absolute Gasteiger partial charge is 0.469 e. The van der Waals surface area contributed by atoms with Crippen LogP contribution in [0, 0.1) is 0 Å². The van der Waals surface area contributed by atoms with Gasteiger partial charge in [0.2, 0.25) is 0 Å². The Hall–Kier alpha value is -1.94. The summed E-state index contributed by atoms with van der Waals surface area (Å²) < 4.78 is 4.76. The van der Waals surface area contributed by atoms with Gasteiger partial charge in [0, 0.05) is 17.6 Å². The van der Waals surface area contributed by atoms with Crippen LogP contribution in [0.5, 0.6) is 0 Å². The van der Waals surface area contributed by atoms with E-state index < -0.39 is 0 Å². The van der Waals surface area contributed by atoms with E-state index in [9.17, 15) is 4.79 Å². The molecule has 0 bridgehead atoms. The minimum Gasteiger partial charge on any atom is -0.469 e. The van der Waals surface area contributed by atoms with Crippen molar-refractivity contribution >= 4 is 16.9 Å². The zero-order chi connectivity index (χ0) is 13.7. The molecule has 0 saturated carbocycles. The zero-order valence-corrected chi connectivity index (χ0v) is 11.2. The summed E-state index contributed by atoms with van der Waals surface area (Å²) in [6.45, 7) is 2.80. The first-order valence-electron chi connectivity index (χ1n) is 6.40. The zero-order valence-electron chi connectivity index (χ0n) is 11.2. The number of pyridine rings is 1. The van der Waals surface area contributed by atoms with Crippen LogP contribution in [0.4, 0.5) is 0 Å². The molecule has 2 rings (SSSR count). The average molecular weight is 258 g/mol. The summed E-state index contributed by atoms with van der Waals surface area (Å²) in [7, 11) is 1.41. The van der Waals surface area contributed by atoms with Crippen LogP contribution in [-0.4, -0.2) is 24.6 Å². The Morgan fingerprint density at radius 1 is 1.37 bits per heavy atom. The molecule has 0 aliphatic rings. The third-order valence-corrected chi connectivity index (χ3v) is 3.09. The van der Waals surface area contributed by atoms with E-state index in [2.05, 4.69) is 10.3 Å². The number of carbonyl (C=O) groups is 1. The molecule has 4 heteroatoms. The number of aromatic nitrogens is 1. The van der Waals surface area contributed by atoms with Crippen molar-refractivity contribution in [2.75, 3.05) is 13.7 Å². The lowest BCUT2D eigenvalue weighted by molar-refractivity contribution is -0.141. The van der Waals surface area contributed by atoms with Crippen molar-refractivity contribution in [2.24, 2.45) is 0 Å². The van der Waals surface area contributed by atoms with Crippen molar-refractivity contribution in [1.29, 1.82) is 0 Å². The number of ether oxygens (including phenoxy) is 1. The molecule has 1 heterocycles. The molecule has 1 unspecified atom stereocenters. The Morgan fingerprint density at radius 2 is 2.16 bits per heavy atom. The van der Waals surface area contributed by atoms with E-state index in [0.717, 1.165) is 23.0 Å². The molecule has 1 N–H and O–H groups in total. The molecule has 1 aromatic carbocycles. The molecule has 0 aliphatic heterocycles. The van der Waals surface area contributed by atoms with Crippen molar-refractivity contribution in [3.63, 3.8) is 0 Å². The lowest BCUT2D eigenvalue weighted by Crippen LogP contribution is -2.24. The fraction of sp³-hybridized carbons (Fsp3) is 0.333. The highest BCUT2D eigenvalue weighted by molar-refractivity contribution is 5.82. The minimum absolute atomic E-state index is 0.0731. The molecule has 1 aromatic heterocycles.